The number of furan rings is 1. The van der Waals surface area contributed by atoms with Crippen LogP contribution in [-0.2, 0) is 0 Å². The number of hydrogen-bond acceptors (Lipinski definition) is 1. The summed E-state index contributed by atoms with van der Waals surface area (Å²) in [5.74, 6) is 0. The van der Waals surface area contributed by atoms with E-state index in [4.69, 9.17) is 4.42 Å². The molecule has 8 aromatic carbocycles. The molecule has 248 valence electrons. The number of para-hydroxylation sites is 4. The lowest BCUT2D eigenvalue weighted by atomic mass is 10.00. The van der Waals surface area contributed by atoms with E-state index in [9.17, 15) is 0 Å². The smallest absolute Gasteiger partial charge is 0.143 e. The van der Waals surface area contributed by atoms with Crippen LogP contribution in [0.4, 0.5) is 0 Å². The van der Waals surface area contributed by atoms with E-state index in [1.54, 1.807) is 0 Å². The minimum absolute atomic E-state index is 0.909. The average molecular weight is 677 g/mol. The molecular weight excluding hydrogens is 645 g/mol. The summed E-state index contributed by atoms with van der Waals surface area (Å²) in [6.45, 7) is 0. The molecule has 3 nitrogen and oxygen atoms in total. The van der Waals surface area contributed by atoms with Gasteiger partial charge in [0.1, 0.15) is 11.2 Å². The molecule has 0 spiro atoms. The van der Waals surface area contributed by atoms with Crippen LogP contribution in [0, 0.1) is 0 Å². The number of fused-ring (bicyclic) bond motifs is 8. The average Bonchev–Trinajstić information content (AvgIpc) is 3.92. The van der Waals surface area contributed by atoms with Crippen LogP contribution in [0.1, 0.15) is 0 Å². The molecule has 3 aromatic heterocycles. The van der Waals surface area contributed by atoms with E-state index in [0.29, 0.717) is 0 Å². The van der Waals surface area contributed by atoms with E-state index in [1.807, 2.05) is 0 Å². The highest BCUT2D eigenvalue weighted by molar-refractivity contribution is 6.20. The van der Waals surface area contributed by atoms with E-state index in [0.717, 1.165) is 55.6 Å². The molecule has 0 amide bonds. The van der Waals surface area contributed by atoms with Gasteiger partial charge in [-0.1, -0.05) is 158 Å². The van der Waals surface area contributed by atoms with Crippen molar-refractivity contribution in [2.45, 2.75) is 0 Å². The zero-order chi connectivity index (χ0) is 34.9. The molecular formula is C50H32N2O. The van der Waals surface area contributed by atoms with Gasteiger partial charge in [0, 0.05) is 61.2 Å². The van der Waals surface area contributed by atoms with Crippen LogP contribution in [0.25, 0.3) is 99.4 Å². The second-order valence-corrected chi connectivity index (χ2v) is 13.7. The molecule has 0 unspecified atom stereocenters. The van der Waals surface area contributed by atoms with E-state index in [1.165, 1.54) is 43.8 Å². The summed E-state index contributed by atoms with van der Waals surface area (Å²) in [6, 6.07) is 67.2. The normalized spacial score (nSPS) is 11.8. The van der Waals surface area contributed by atoms with Crippen LogP contribution in [0.5, 0.6) is 0 Å². The third kappa shape index (κ3) is 4.54. The first-order chi connectivity index (χ1) is 26.3. The van der Waals surface area contributed by atoms with Gasteiger partial charge in [-0.05, 0) is 47.0 Å². The predicted molar refractivity (Wildman–Crippen MR) is 221 cm³/mol. The largest absolute Gasteiger partial charge is 0.455 e. The predicted octanol–water partition coefficient (Wildman–Crippen LogP) is 13.6. The van der Waals surface area contributed by atoms with Gasteiger partial charge >= 0.3 is 0 Å². The summed E-state index contributed by atoms with van der Waals surface area (Å²) in [6.07, 6.45) is 2.30. The molecule has 53 heavy (non-hydrogen) atoms. The van der Waals surface area contributed by atoms with Crippen molar-refractivity contribution < 1.29 is 4.42 Å². The van der Waals surface area contributed by atoms with Gasteiger partial charge < -0.3 is 13.6 Å². The molecule has 0 aliphatic carbocycles. The summed E-state index contributed by atoms with van der Waals surface area (Å²) in [5, 5.41) is 5.94. The van der Waals surface area contributed by atoms with Gasteiger partial charge in [-0.3, -0.25) is 0 Å². The fourth-order valence-corrected chi connectivity index (χ4v) is 8.36. The van der Waals surface area contributed by atoms with Crippen LogP contribution in [-0.4, -0.2) is 9.13 Å². The summed E-state index contributed by atoms with van der Waals surface area (Å²) in [5.41, 5.74) is 14.5. The lowest BCUT2D eigenvalue weighted by Crippen LogP contribution is -1.98. The van der Waals surface area contributed by atoms with Gasteiger partial charge in [0.05, 0.1) is 16.6 Å². The fraction of sp³-hybridized carbons (Fsp3) is 0. The van der Waals surface area contributed by atoms with E-state index >= 15 is 0 Å². The number of benzene rings is 8. The Balaban J connectivity index is 1.13. The van der Waals surface area contributed by atoms with Gasteiger partial charge in [-0.15, -0.1) is 0 Å². The first kappa shape index (κ1) is 29.6. The molecule has 0 saturated carbocycles. The summed E-state index contributed by atoms with van der Waals surface area (Å²) in [7, 11) is 0. The zero-order valence-electron chi connectivity index (χ0n) is 28.8. The Hall–Kier alpha value is -7.10. The van der Waals surface area contributed by atoms with Gasteiger partial charge in [0.2, 0.25) is 0 Å². The lowest BCUT2D eigenvalue weighted by molar-refractivity contribution is 0.671. The van der Waals surface area contributed by atoms with Crippen molar-refractivity contribution in [1.29, 1.82) is 0 Å². The molecule has 0 bridgehead atoms. The maximum Gasteiger partial charge on any atom is 0.143 e. The molecule has 0 atom stereocenters. The second kappa shape index (κ2) is 11.7. The van der Waals surface area contributed by atoms with E-state index in [-0.39, 0.29) is 0 Å². The highest BCUT2D eigenvalue weighted by atomic mass is 16.3. The van der Waals surface area contributed by atoms with Gasteiger partial charge in [-0.25, -0.2) is 0 Å². The van der Waals surface area contributed by atoms with Crippen molar-refractivity contribution in [3.63, 3.8) is 0 Å². The highest BCUT2D eigenvalue weighted by Crippen LogP contribution is 2.43. The Labute approximate surface area is 306 Å². The van der Waals surface area contributed by atoms with Crippen LogP contribution >= 0.6 is 0 Å². The summed E-state index contributed by atoms with van der Waals surface area (Å²) >= 11 is 0. The highest BCUT2D eigenvalue weighted by Gasteiger charge is 2.21. The van der Waals surface area contributed by atoms with Gasteiger partial charge in [0.15, 0.2) is 0 Å². The number of nitrogens with zero attached hydrogens (tertiary/aromatic N) is 2. The topological polar surface area (TPSA) is 23.0 Å². The van der Waals surface area contributed by atoms with E-state index < -0.39 is 0 Å². The monoisotopic (exact) mass is 676 g/mol. The fourth-order valence-electron chi connectivity index (χ4n) is 8.36. The Morgan fingerprint density at radius 3 is 1.51 bits per heavy atom. The van der Waals surface area contributed by atoms with Crippen molar-refractivity contribution >= 4 is 54.6 Å². The number of rotatable bonds is 5. The lowest BCUT2D eigenvalue weighted by Gasteiger charge is -2.12. The minimum Gasteiger partial charge on any atom is -0.455 e. The second-order valence-electron chi connectivity index (χ2n) is 13.7. The summed E-state index contributed by atoms with van der Waals surface area (Å²) in [4.78, 5) is 0. The van der Waals surface area contributed by atoms with Crippen molar-refractivity contribution in [2.24, 2.45) is 0 Å². The first-order valence-corrected chi connectivity index (χ1v) is 18.1. The molecule has 3 heteroatoms. The Kier molecular flexibility index (Phi) is 6.55. The molecule has 3 heterocycles. The maximum absolute atomic E-state index is 6.78. The Morgan fingerprint density at radius 1 is 0.321 bits per heavy atom. The van der Waals surface area contributed by atoms with E-state index in [2.05, 4.69) is 203 Å². The number of hydrogen-bond donors (Lipinski definition) is 0. The van der Waals surface area contributed by atoms with Gasteiger partial charge in [0.25, 0.3) is 0 Å². The van der Waals surface area contributed by atoms with Crippen LogP contribution in [0.15, 0.2) is 199 Å². The minimum atomic E-state index is 0.909. The third-order valence-corrected chi connectivity index (χ3v) is 10.8. The molecule has 0 N–H and O–H groups in total. The van der Waals surface area contributed by atoms with Crippen LogP contribution in [0.3, 0.4) is 0 Å². The third-order valence-electron chi connectivity index (χ3n) is 10.8. The molecule has 11 aromatic rings. The maximum atomic E-state index is 6.78. The van der Waals surface area contributed by atoms with Gasteiger partial charge in [-0.2, -0.15) is 0 Å². The molecule has 0 radical (unpaired) electrons. The molecule has 0 fully saturated rings. The van der Waals surface area contributed by atoms with Crippen molar-refractivity contribution in [3.05, 3.63) is 194 Å². The summed E-state index contributed by atoms with van der Waals surface area (Å²) < 4.78 is 11.6. The SMILES string of the molecule is c1ccc(-c2cn(-c3ccccc3)c3c2ccc2c4ccccc4n(-c4ccc(-c5cccc6c5oc5c(-c7ccccc7)cccc56)cc4)c23)cc1. The van der Waals surface area contributed by atoms with Crippen molar-refractivity contribution in [3.8, 4) is 44.8 Å². The molecule has 0 aliphatic rings. The Bertz CT molecular complexity index is 3130. The molecule has 11 rings (SSSR count). The number of aromatic nitrogens is 2. The quantitative estimate of drug-likeness (QED) is 0.178. The molecule has 0 aliphatic heterocycles. The van der Waals surface area contributed by atoms with Crippen molar-refractivity contribution in [1.82, 2.24) is 9.13 Å². The van der Waals surface area contributed by atoms with Crippen LogP contribution in [0.2, 0.25) is 0 Å². The molecule has 0 saturated heterocycles. The van der Waals surface area contributed by atoms with Crippen molar-refractivity contribution in [2.75, 3.05) is 0 Å². The zero-order valence-corrected chi connectivity index (χ0v) is 28.8. The first-order valence-electron chi connectivity index (χ1n) is 18.1. The standard InChI is InChI=1S/C50H32N2O/c1-4-14-33(15-5-1)38-21-12-23-43-44-24-13-22-39(50(44)53-49(38)43)35-26-28-37(29-27-35)52-46-25-11-10-20-40(46)41-30-31-42-45(34-16-6-2-7-17-34)32-51(47(42)48(41)52)36-18-8-3-9-19-36/h1-32H. The van der Waals surface area contributed by atoms with Crippen LogP contribution < -0.4 is 0 Å². The Morgan fingerprint density at radius 2 is 0.849 bits per heavy atom.